The van der Waals surface area contributed by atoms with Gasteiger partial charge in [-0.3, -0.25) is 19.5 Å². The fraction of sp³-hybridized carbons (Fsp3) is 0.303. The number of thiazole rings is 2. The smallest absolute Gasteiger partial charge is 0.306 e. The van der Waals surface area contributed by atoms with Gasteiger partial charge < -0.3 is 10.1 Å². The Hall–Kier alpha value is -4.75. The van der Waals surface area contributed by atoms with Crippen molar-refractivity contribution in [2.75, 3.05) is 6.54 Å². The summed E-state index contributed by atoms with van der Waals surface area (Å²) in [6.45, 7) is 6.07. The molecular formula is C33H35N7O4S2. The van der Waals surface area contributed by atoms with Crippen LogP contribution in [-0.4, -0.2) is 43.8 Å². The fourth-order valence-corrected chi connectivity index (χ4v) is 5.95. The van der Waals surface area contributed by atoms with Crippen molar-refractivity contribution in [3.05, 3.63) is 87.5 Å². The van der Waals surface area contributed by atoms with E-state index in [9.17, 15) is 14.4 Å². The largest absolute Gasteiger partial charge is 0.460 e. The van der Waals surface area contributed by atoms with Crippen LogP contribution in [0.25, 0.3) is 27.6 Å². The van der Waals surface area contributed by atoms with Gasteiger partial charge in [0.2, 0.25) is 10.3 Å². The molecule has 13 heteroatoms. The third-order valence-corrected chi connectivity index (χ3v) is 8.35. The Morgan fingerprint density at radius 1 is 0.957 bits per heavy atom. The Kier molecular flexibility index (Phi) is 10.7. The van der Waals surface area contributed by atoms with Crippen LogP contribution in [0.5, 0.6) is 0 Å². The van der Waals surface area contributed by atoms with Crippen molar-refractivity contribution >= 4 is 45.4 Å². The summed E-state index contributed by atoms with van der Waals surface area (Å²) in [4.78, 5) is 47.3. The highest BCUT2D eigenvalue weighted by molar-refractivity contribution is 7.17. The van der Waals surface area contributed by atoms with Crippen LogP contribution in [0, 0.1) is 0 Å². The van der Waals surface area contributed by atoms with Gasteiger partial charge in [-0.15, -0.1) is 21.6 Å². The maximum atomic E-state index is 13.6. The van der Waals surface area contributed by atoms with Crippen molar-refractivity contribution in [1.82, 2.24) is 25.1 Å². The molecule has 46 heavy (non-hydrogen) atoms. The number of esters is 1. The van der Waals surface area contributed by atoms with Crippen LogP contribution in [0.3, 0.4) is 0 Å². The Morgan fingerprint density at radius 3 is 2.37 bits per heavy atom. The third kappa shape index (κ3) is 8.70. The van der Waals surface area contributed by atoms with Gasteiger partial charge in [0.1, 0.15) is 10.5 Å². The highest BCUT2D eigenvalue weighted by atomic mass is 32.1. The molecular weight excluding hydrogens is 623 g/mol. The number of amides is 1. The van der Waals surface area contributed by atoms with E-state index in [0.717, 1.165) is 53.8 Å². The van der Waals surface area contributed by atoms with Crippen LogP contribution in [0.4, 0.5) is 10.8 Å². The number of benzene rings is 2. The Labute approximate surface area is 274 Å². The maximum Gasteiger partial charge on any atom is 0.306 e. The van der Waals surface area contributed by atoms with Crippen molar-refractivity contribution in [3.8, 4) is 27.6 Å². The van der Waals surface area contributed by atoms with E-state index in [-0.39, 0.29) is 22.7 Å². The van der Waals surface area contributed by atoms with Gasteiger partial charge in [-0.05, 0) is 33.6 Å². The fourth-order valence-electron chi connectivity index (χ4n) is 4.51. The highest BCUT2D eigenvalue weighted by Crippen LogP contribution is 2.31. The number of H-pyrrole nitrogens is 1. The maximum absolute atomic E-state index is 13.6. The molecule has 0 spiro atoms. The number of ether oxygens (including phenoxy) is 1. The number of azo groups is 1. The highest BCUT2D eigenvalue weighted by Gasteiger charge is 2.20. The Bertz CT molecular complexity index is 1850. The topological polar surface area (TPSA) is 144 Å². The summed E-state index contributed by atoms with van der Waals surface area (Å²) in [6, 6.07) is 19.1. The quantitative estimate of drug-likeness (QED) is 0.0750. The van der Waals surface area contributed by atoms with E-state index in [1.807, 2.05) is 86.8 Å². The van der Waals surface area contributed by atoms with Crippen LogP contribution in [0.2, 0.25) is 0 Å². The lowest BCUT2D eigenvalue weighted by molar-refractivity contribution is -0.154. The van der Waals surface area contributed by atoms with E-state index in [1.165, 1.54) is 22.2 Å². The van der Waals surface area contributed by atoms with E-state index < -0.39 is 11.2 Å². The molecule has 0 saturated carbocycles. The second-order valence-corrected chi connectivity index (χ2v) is 13.3. The molecule has 5 rings (SSSR count). The second kappa shape index (κ2) is 15.0. The number of aromatic nitrogens is 4. The monoisotopic (exact) mass is 657 g/mol. The molecule has 238 valence electrons. The lowest BCUT2D eigenvalue weighted by Gasteiger charge is -2.19. The lowest BCUT2D eigenvalue weighted by atomic mass is 10.1. The molecule has 0 aliphatic rings. The number of hydrogen-bond donors (Lipinski definition) is 2. The molecule has 3 aromatic heterocycles. The molecule has 2 N–H and O–H groups in total. The van der Waals surface area contributed by atoms with Crippen LogP contribution in [0.15, 0.2) is 87.3 Å². The number of rotatable bonds is 13. The summed E-state index contributed by atoms with van der Waals surface area (Å²) in [6.07, 6.45) is 5.15. The molecule has 0 fully saturated rings. The van der Waals surface area contributed by atoms with Gasteiger partial charge in [0, 0.05) is 29.5 Å². The number of nitrogens with one attached hydrogen (secondary N) is 2. The number of hydrogen-bond acceptors (Lipinski definition) is 10. The molecule has 11 nitrogen and oxygen atoms in total. The minimum absolute atomic E-state index is 0.107. The Balaban J connectivity index is 1.21. The van der Waals surface area contributed by atoms with Gasteiger partial charge in [-0.1, -0.05) is 84.8 Å². The summed E-state index contributed by atoms with van der Waals surface area (Å²) in [5.74, 6) is -0.436. The summed E-state index contributed by atoms with van der Waals surface area (Å²) in [7, 11) is 0. The van der Waals surface area contributed by atoms with Crippen LogP contribution < -0.4 is 10.9 Å². The summed E-state index contributed by atoms with van der Waals surface area (Å²) in [5, 5.41) is 17.2. The molecule has 3 heterocycles. The molecule has 2 aromatic carbocycles. The molecule has 5 aromatic rings. The zero-order valence-corrected chi connectivity index (χ0v) is 27.5. The zero-order valence-electron chi connectivity index (χ0n) is 25.9. The van der Waals surface area contributed by atoms with E-state index in [0.29, 0.717) is 28.7 Å². The zero-order chi connectivity index (χ0) is 32.5. The number of carbonyl (C=O) groups excluding carboxylic acids is 2. The van der Waals surface area contributed by atoms with Crippen molar-refractivity contribution in [2.45, 2.75) is 58.5 Å². The average molecular weight is 658 g/mol. The van der Waals surface area contributed by atoms with Crippen LogP contribution in [0.1, 0.15) is 62.5 Å². The van der Waals surface area contributed by atoms with Gasteiger partial charge in [-0.2, -0.15) is 4.68 Å². The van der Waals surface area contributed by atoms with Crippen LogP contribution >= 0.6 is 22.7 Å². The second-order valence-electron chi connectivity index (χ2n) is 11.4. The summed E-state index contributed by atoms with van der Waals surface area (Å²) in [5.41, 5.74) is 2.20. The molecule has 0 bridgehead atoms. The van der Waals surface area contributed by atoms with Gasteiger partial charge in [-0.25, -0.2) is 9.97 Å². The molecule has 0 saturated heterocycles. The number of carbonyl (C=O) groups is 2. The molecule has 0 atom stereocenters. The Morgan fingerprint density at radius 2 is 1.65 bits per heavy atom. The van der Waals surface area contributed by atoms with E-state index in [2.05, 4.69) is 30.6 Å². The first-order valence-corrected chi connectivity index (χ1v) is 16.7. The first-order valence-electron chi connectivity index (χ1n) is 15.0. The van der Waals surface area contributed by atoms with E-state index >= 15 is 0 Å². The average Bonchev–Trinajstić information content (AvgIpc) is 3.79. The van der Waals surface area contributed by atoms with E-state index in [1.54, 1.807) is 0 Å². The van der Waals surface area contributed by atoms with E-state index in [4.69, 9.17) is 4.74 Å². The molecule has 0 unspecified atom stereocenters. The van der Waals surface area contributed by atoms with Gasteiger partial charge in [0.05, 0.1) is 17.6 Å². The first-order chi connectivity index (χ1) is 22.2. The predicted octanol–water partition coefficient (Wildman–Crippen LogP) is 7.85. The first kappa shape index (κ1) is 32.6. The number of unbranched alkanes of at least 4 members (excludes halogenated alkanes) is 3. The van der Waals surface area contributed by atoms with Gasteiger partial charge >= 0.3 is 11.5 Å². The van der Waals surface area contributed by atoms with Gasteiger partial charge in [0.15, 0.2) is 5.69 Å². The minimum Gasteiger partial charge on any atom is -0.460 e. The number of aromatic amines is 1. The molecule has 0 aliphatic carbocycles. The molecule has 0 radical (unpaired) electrons. The minimum atomic E-state index is -0.469. The van der Waals surface area contributed by atoms with Crippen molar-refractivity contribution in [3.63, 3.8) is 0 Å². The van der Waals surface area contributed by atoms with Gasteiger partial charge in [0.25, 0.3) is 5.91 Å². The third-order valence-electron chi connectivity index (χ3n) is 6.65. The number of nitrogens with zero attached hydrogens (tertiary/aromatic N) is 5. The standard InChI is InChI=1S/C33H35N7O4S2/c1-33(2,3)44-26(41)18-12-4-5-13-19-34-29(42)25-20-35-31(46-25)38-37-28-27(23-16-10-7-11-17-23)39-40(30(28)43)32-36-24(21-45-32)22-14-8-6-9-15-22/h6-11,14-17,20-21,39H,4-5,12-13,18-19H2,1-3H3,(H,34,42). The normalized spacial score (nSPS) is 11.6. The van der Waals surface area contributed by atoms with Crippen LogP contribution in [-0.2, 0) is 9.53 Å². The molecule has 1 amide bonds. The SMILES string of the molecule is CC(C)(C)OC(=O)CCCCCCNC(=O)c1cnc(N=Nc2c(-c3ccccc3)[nH]n(-c3nc(-c4ccccc4)cs3)c2=O)s1. The molecule has 0 aliphatic heterocycles. The van der Waals surface area contributed by atoms with Crippen molar-refractivity contribution in [2.24, 2.45) is 10.2 Å². The van der Waals surface area contributed by atoms with Crippen molar-refractivity contribution < 1.29 is 14.3 Å². The predicted molar refractivity (Wildman–Crippen MR) is 180 cm³/mol. The van der Waals surface area contributed by atoms with Crippen molar-refractivity contribution in [1.29, 1.82) is 0 Å². The summed E-state index contributed by atoms with van der Waals surface area (Å²) >= 11 is 2.43. The lowest BCUT2D eigenvalue weighted by Crippen LogP contribution is -2.24. The summed E-state index contributed by atoms with van der Waals surface area (Å²) < 4.78 is 6.69.